The number of nitrogens with zero attached hydrogens (tertiary/aromatic N) is 4. The number of benzene rings is 1. The summed E-state index contributed by atoms with van der Waals surface area (Å²) in [7, 11) is 3.83. The Labute approximate surface area is 193 Å². The Morgan fingerprint density at radius 3 is 2.52 bits per heavy atom. The van der Waals surface area contributed by atoms with Crippen molar-refractivity contribution in [2.75, 3.05) is 43.9 Å². The van der Waals surface area contributed by atoms with Gasteiger partial charge >= 0.3 is 12.2 Å². The topological polar surface area (TPSA) is 73.4 Å². The first-order valence-electron chi connectivity index (χ1n) is 10.6. The van der Waals surface area contributed by atoms with Crippen molar-refractivity contribution in [3.63, 3.8) is 0 Å². The zero-order valence-corrected chi connectivity index (χ0v) is 19.1. The lowest BCUT2D eigenvalue weighted by Gasteiger charge is -2.28. The van der Waals surface area contributed by atoms with Crippen LogP contribution < -0.4 is 15.5 Å². The van der Waals surface area contributed by atoms with Crippen molar-refractivity contribution < 1.29 is 18.0 Å². The van der Waals surface area contributed by atoms with E-state index >= 15 is 0 Å². The molecule has 1 saturated heterocycles. The van der Waals surface area contributed by atoms with Gasteiger partial charge in [0.15, 0.2) is 5.13 Å². The third-order valence-corrected chi connectivity index (χ3v) is 6.66. The van der Waals surface area contributed by atoms with Gasteiger partial charge in [0.1, 0.15) is 16.2 Å². The van der Waals surface area contributed by atoms with Crippen LogP contribution in [0.2, 0.25) is 0 Å². The zero-order chi connectivity index (χ0) is 23.6. The first-order valence-corrected chi connectivity index (χ1v) is 11.4. The van der Waals surface area contributed by atoms with E-state index in [0.29, 0.717) is 39.4 Å². The average Bonchev–Trinajstić information content (AvgIpc) is 3.19. The van der Waals surface area contributed by atoms with Crippen LogP contribution in [-0.2, 0) is 6.18 Å². The summed E-state index contributed by atoms with van der Waals surface area (Å²) in [4.78, 5) is 25.8. The number of rotatable bonds is 5. The van der Waals surface area contributed by atoms with E-state index in [1.165, 1.54) is 23.5 Å². The molecule has 0 spiro atoms. The van der Waals surface area contributed by atoms with Gasteiger partial charge in [-0.1, -0.05) is 11.3 Å². The number of anilines is 3. The molecule has 1 aromatic carbocycles. The molecule has 2 N–H and O–H groups in total. The molecule has 4 rings (SSSR count). The second-order valence-electron chi connectivity index (χ2n) is 8.20. The third kappa shape index (κ3) is 5.72. The molecule has 1 aliphatic rings. The van der Waals surface area contributed by atoms with E-state index in [0.717, 1.165) is 38.1 Å². The number of piperidine rings is 1. The summed E-state index contributed by atoms with van der Waals surface area (Å²) in [5, 5.41) is 6.12. The normalized spacial score (nSPS) is 15.5. The molecule has 0 unspecified atom stereocenters. The number of fused-ring (bicyclic) bond motifs is 1. The number of urea groups is 1. The summed E-state index contributed by atoms with van der Waals surface area (Å²) in [6.45, 7) is 2.71. The van der Waals surface area contributed by atoms with E-state index in [1.54, 1.807) is 24.1 Å². The molecule has 1 aliphatic heterocycles. The van der Waals surface area contributed by atoms with E-state index in [1.807, 2.05) is 0 Å². The lowest BCUT2D eigenvalue weighted by atomic mass is 9.97. The van der Waals surface area contributed by atoms with Crippen molar-refractivity contribution >= 4 is 44.4 Å². The lowest BCUT2D eigenvalue weighted by Crippen LogP contribution is -2.38. The lowest BCUT2D eigenvalue weighted by molar-refractivity contribution is -0.137. The molecular weight excluding hydrogens is 453 g/mol. The third-order valence-electron chi connectivity index (χ3n) is 5.78. The Kier molecular flexibility index (Phi) is 6.71. The van der Waals surface area contributed by atoms with Gasteiger partial charge in [-0.25, -0.2) is 14.8 Å². The quantitative estimate of drug-likeness (QED) is 0.543. The van der Waals surface area contributed by atoms with Crippen LogP contribution >= 0.6 is 11.3 Å². The molecule has 11 heteroatoms. The molecule has 3 heterocycles. The number of halogens is 3. The predicted octanol–water partition coefficient (Wildman–Crippen LogP) is 4.94. The summed E-state index contributed by atoms with van der Waals surface area (Å²) in [6, 6.07) is 8.12. The van der Waals surface area contributed by atoms with E-state index in [-0.39, 0.29) is 6.03 Å². The van der Waals surface area contributed by atoms with Gasteiger partial charge in [0.25, 0.3) is 0 Å². The predicted molar refractivity (Wildman–Crippen MR) is 124 cm³/mol. The van der Waals surface area contributed by atoms with Crippen LogP contribution in [0.3, 0.4) is 0 Å². The van der Waals surface area contributed by atoms with Crippen LogP contribution in [0, 0.1) is 5.92 Å². The number of carbonyl (C=O) groups excluding carboxylic acids is 1. The highest BCUT2D eigenvalue weighted by Gasteiger charge is 2.30. The fourth-order valence-electron chi connectivity index (χ4n) is 3.70. The summed E-state index contributed by atoms with van der Waals surface area (Å²) >= 11 is 1.24. The zero-order valence-electron chi connectivity index (χ0n) is 18.3. The maximum atomic E-state index is 12.8. The number of hydrogen-bond donors (Lipinski definition) is 2. The first kappa shape index (κ1) is 23.2. The fourth-order valence-corrected chi connectivity index (χ4v) is 4.53. The van der Waals surface area contributed by atoms with Gasteiger partial charge in [-0.2, -0.15) is 13.2 Å². The molecule has 0 bridgehead atoms. The average molecular weight is 479 g/mol. The molecule has 0 aliphatic carbocycles. The number of hydrogen-bond acceptors (Lipinski definition) is 6. The van der Waals surface area contributed by atoms with Crippen molar-refractivity contribution in [1.29, 1.82) is 0 Å². The fraction of sp³-hybridized carbons (Fsp3) is 0.409. The van der Waals surface area contributed by atoms with E-state index in [2.05, 4.69) is 32.5 Å². The highest BCUT2D eigenvalue weighted by atomic mass is 32.1. The van der Waals surface area contributed by atoms with E-state index in [4.69, 9.17) is 0 Å². The number of likely N-dealkylation sites (tertiary alicyclic amines) is 1. The van der Waals surface area contributed by atoms with Gasteiger partial charge in [-0.3, -0.25) is 5.32 Å². The van der Waals surface area contributed by atoms with Gasteiger partial charge in [0.2, 0.25) is 0 Å². The van der Waals surface area contributed by atoms with Crippen molar-refractivity contribution in [2.24, 2.45) is 5.92 Å². The van der Waals surface area contributed by atoms with Crippen LogP contribution in [0.4, 0.5) is 34.6 Å². The standard InChI is InChI=1S/C22H25F3N6OS/c1-30-11-9-14(10-12-30)13-26-20(32)29-21-27-17-7-8-18(28-19(17)33-21)31(2)16-5-3-15(4-6-16)22(23,24)25/h3-8,14H,9-13H2,1-2H3,(H2,26,27,29,32). The largest absolute Gasteiger partial charge is 0.416 e. The minimum atomic E-state index is -4.38. The highest BCUT2D eigenvalue weighted by molar-refractivity contribution is 7.22. The first-order chi connectivity index (χ1) is 15.7. The molecule has 33 heavy (non-hydrogen) atoms. The highest BCUT2D eigenvalue weighted by Crippen LogP contribution is 2.32. The van der Waals surface area contributed by atoms with Gasteiger partial charge in [0, 0.05) is 19.3 Å². The second kappa shape index (κ2) is 9.52. The van der Waals surface area contributed by atoms with Crippen LogP contribution in [0.15, 0.2) is 36.4 Å². The number of alkyl halides is 3. The van der Waals surface area contributed by atoms with Gasteiger partial charge in [-0.05, 0) is 75.3 Å². The molecule has 176 valence electrons. The number of aromatic nitrogens is 2. The number of carbonyl (C=O) groups is 1. The second-order valence-corrected chi connectivity index (χ2v) is 9.18. The number of pyridine rings is 1. The number of thiazole rings is 1. The monoisotopic (exact) mass is 478 g/mol. The van der Waals surface area contributed by atoms with Crippen LogP contribution in [0.1, 0.15) is 18.4 Å². The Morgan fingerprint density at radius 2 is 1.85 bits per heavy atom. The molecule has 1 fully saturated rings. The number of amides is 2. The SMILES string of the molecule is CN1CCC(CNC(=O)Nc2nc3ccc(N(C)c4ccc(C(F)(F)F)cc4)nc3s2)CC1. The van der Waals surface area contributed by atoms with Crippen LogP contribution in [0.25, 0.3) is 10.3 Å². The van der Waals surface area contributed by atoms with Crippen molar-refractivity contribution in [3.8, 4) is 0 Å². The van der Waals surface area contributed by atoms with Gasteiger partial charge < -0.3 is 15.1 Å². The summed E-state index contributed by atoms with van der Waals surface area (Å²) in [6.07, 6.45) is -2.24. The Hall–Kier alpha value is -2.92. The molecule has 3 aromatic rings. The molecule has 2 amide bonds. The minimum absolute atomic E-state index is 0.296. The summed E-state index contributed by atoms with van der Waals surface area (Å²) in [5.74, 6) is 1.04. The smallest absolute Gasteiger partial charge is 0.338 e. The molecule has 0 radical (unpaired) electrons. The van der Waals surface area contributed by atoms with E-state index in [9.17, 15) is 18.0 Å². The summed E-state index contributed by atoms with van der Waals surface area (Å²) in [5.41, 5.74) is 0.511. The van der Waals surface area contributed by atoms with Crippen molar-refractivity contribution in [1.82, 2.24) is 20.2 Å². The maximum Gasteiger partial charge on any atom is 0.416 e. The molecule has 0 saturated carbocycles. The molecule has 2 aromatic heterocycles. The summed E-state index contributed by atoms with van der Waals surface area (Å²) < 4.78 is 38.4. The van der Waals surface area contributed by atoms with Gasteiger partial charge in [-0.15, -0.1) is 0 Å². The molecular formula is C22H25F3N6OS. The van der Waals surface area contributed by atoms with Crippen molar-refractivity contribution in [3.05, 3.63) is 42.0 Å². The van der Waals surface area contributed by atoms with Crippen LogP contribution in [0.5, 0.6) is 0 Å². The van der Waals surface area contributed by atoms with Crippen LogP contribution in [-0.4, -0.2) is 54.6 Å². The molecule has 7 nitrogen and oxygen atoms in total. The Bertz CT molecular complexity index is 1110. The Balaban J connectivity index is 1.39. The Morgan fingerprint density at radius 1 is 1.15 bits per heavy atom. The number of nitrogens with one attached hydrogen (secondary N) is 2. The minimum Gasteiger partial charge on any atom is -0.338 e. The molecule has 0 atom stereocenters. The van der Waals surface area contributed by atoms with E-state index < -0.39 is 11.7 Å². The van der Waals surface area contributed by atoms with Gasteiger partial charge in [0.05, 0.1) is 5.56 Å². The van der Waals surface area contributed by atoms with Crippen molar-refractivity contribution in [2.45, 2.75) is 19.0 Å². The maximum absolute atomic E-state index is 12.8.